The zero-order chi connectivity index (χ0) is 13.3. The van der Waals surface area contributed by atoms with Crippen LogP contribution in [0.3, 0.4) is 0 Å². The Bertz CT molecular complexity index is 678. The van der Waals surface area contributed by atoms with Gasteiger partial charge in [-0.2, -0.15) is 5.10 Å². The summed E-state index contributed by atoms with van der Waals surface area (Å²) in [5.74, 6) is -0.0325. The van der Waals surface area contributed by atoms with Crippen molar-refractivity contribution in [1.82, 2.24) is 10.2 Å². The number of benzene rings is 1. The number of nitrogens with one attached hydrogen (secondary N) is 2. The lowest BCUT2D eigenvalue weighted by atomic mass is 10.2. The maximum absolute atomic E-state index is 12.0. The Balaban J connectivity index is 2.37. The predicted molar refractivity (Wildman–Crippen MR) is 66.7 cm³/mol. The highest BCUT2D eigenvalue weighted by atomic mass is 32.2. The van der Waals surface area contributed by atoms with Crippen molar-refractivity contribution in [3.8, 4) is 5.75 Å². The number of sulfonamides is 1. The summed E-state index contributed by atoms with van der Waals surface area (Å²) in [6.45, 7) is 1.60. The number of hydrogen-bond donors (Lipinski definition) is 4. The second-order valence-corrected chi connectivity index (χ2v) is 5.39. The summed E-state index contributed by atoms with van der Waals surface area (Å²) < 4.78 is 26.4. The van der Waals surface area contributed by atoms with Gasteiger partial charge in [-0.15, -0.1) is 0 Å². The van der Waals surface area contributed by atoms with Crippen LogP contribution in [-0.2, 0) is 10.0 Å². The van der Waals surface area contributed by atoms with E-state index in [0.717, 1.165) is 0 Å². The number of nitrogen functional groups attached to an aromatic ring is 1. The zero-order valence-corrected chi connectivity index (χ0v) is 10.3. The van der Waals surface area contributed by atoms with Crippen molar-refractivity contribution in [2.45, 2.75) is 11.8 Å². The minimum Gasteiger partial charge on any atom is -0.508 e. The van der Waals surface area contributed by atoms with E-state index in [-0.39, 0.29) is 22.0 Å². The van der Waals surface area contributed by atoms with Gasteiger partial charge in [0.05, 0.1) is 23.3 Å². The van der Waals surface area contributed by atoms with Gasteiger partial charge in [-0.3, -0.25) is 9.82 Å². The molecule has 2 aromatic rings. The van der Waals surface area contributed by atoms with Gasteiger partial charge in [0.1, 0.15) is 10.6 Å². The normalized spacial score (nSPS) is 11.4. The Morgan fingerprint density at radius 3 is 2.72 bits per heavy atom. The van der Waals surface area contributed by atoms with E-state index in [0.29, 0.717) is 5.69 Å². The number of nitrogens with two attached hydrogens (primary N) is 1. The van der Waals surface area contributed by atoms with Gasteiger partial charge in [0.25, 0.3) is 10.0 Å². The molecular formula is C10H12N4O3S. The summed E-state index contributed by atoms with van der Waals surface area (Å²) in [5, 5.41) is 15.4. The van der Waals surface area contributed by atoms with Crippen LogP contribution in [-0.4, -0.2) is 23.7 Å². The van der Waals surface area contributed by atoms with Crippen LogP contribution in [0.1, 0.15) is 5.69 Å². The van der Waals surface area contributed by atoms with Gasteiger partial charge in [0.15, 0.2) is 0 Å². The lowest BCUT2D eigenvalue weighted by Crippen LogP contribution is -2.14. The van der Waals surface area contributed by atoms with E-state index in [1.807, 2.05) is 0 Å². The van der Waals surface area contributed by atoms with Gasteiger partial charge in [0.2, 0.25) is 0 Å². The highest BCUT2D eigenvalue weighted by Crippen LogP contribution is 2.26. The van der Waals surface area contributed by atoms with Crippen LogP contribution in [0, 0.1) is 6.92 Å². The Morgan fingerprint density at radius 1 is 1.44 bits per heavy atom. The van der Waals surface area contributed by atoms with Crippen LogP contribution in [0.4, 0.5) is 11.4 Å². The van der Waals surface area contributed by atoms with E-state index in [2.05, 4.69) is 14.9 Å². The number of aromatic amines is 1. The summed E-state index contributed by atoms with van der Waals surface area (Å²) in [6, 6.07) is 3.99. The van der Waals surface area contributed by atoms with Crippen molar-refractivity contribution >= 4 is 21.4 Å². The number of anilines is 2. The molecule has 5 N–H and O–H groups in total. The van der Waals surface area contributed by atoms with Crippen LogP contribution in [0.2, 0.25) is 0 Å². The molecular weight excluding hydrogens is 256 g/mol. The first-order chi connectivity index (χ1) is 8.40. The second kappa shape index (κ2) is 4.22. The van der Waals surface area contributed by atoms with Crippen molar-refractivity contribution < 1.29 is 13.5 Å². The third kappa shape index (κ3) is 2.23. The lowest BCUT2D eigenvalue weighted by Gasteiger charge is -2.09. The van der Waals surface area contributed by atoms with Crippen LogP contribution < -0.4 is 10.5 Å². The Hall–Kier alpha value is -2.22. The molecule has 1 aromatic carbocycles. The lowest BCUT2D eigenvalue weighted by molar-refractivity contribution is 0.475. The number of aryl methyl sites for hydroxylation is 1. The molecule has 0 fully saturated rings. The molecule has 8 heteroatoms. The van der Waals surface area contributed by atoms with Crippen LogP contribution in [0.5, 0.6) is 5.75 Å². The quantitative estimate of drug-likeness (QED) is 0.484. The largest absolute Gasteiger partial charge is 0.508 e. The molecule has 0 saturated carbocycles. The molecule has 0 aliphatic carbocycles. The average molecular weight is 268 g/mol. The first kappa shape index (κ1) is 12.2. The number of aromatic hydroxyl groups is 1. The van der Waals surface area contributed by atoms with E-state index in [9.17, 15) is 13.5 Å². The number of H-pyrrole nitrogens is 1. The summed E-state index contributed by atoms with van der Waals surface area (Å²) >= 11 is 0. The number of phenols is 1. The molecule has 0 bridgehead atoms. The standard InChI is InChI=1S/C10H12N4O3S/c1-6-10(5-12-13-6)18(16,17)14-9-3-2-7(15)4-8(9)11/h2-5,14-15H,11H2,1H3,(H,12,13). The average Bonchev–Trinajstić information content (AvgIpc) is 2.69. The molecule has 96 valence electrons. The molecule has 0 saturated heterocycles. The van der Waals surface area contributed by atoms with Gasteiger partial charge in [-0.05, 0) is 19.1 Å². The molecule has 0 spiro atoms. The van der Waals surface area contributed by atoms with Gasteiger partial charge in [-0.1, -0.05) is 0 Å². The van der Waals surface area contributed by atoms with Crippen LogP contribution in [0.15, 0.2) is 29.3 Å². The number of phenolic OH excluding ortho intramolecular Hbond substituents is 1. The fraction of sp³-hybridized carbons (Fsp3) is 0.100. The third-order valence-corrected chi connectivity index (χ3v) is 3.83. The monoisotopic (exact) mass is 268 g/mol. The van der Waals surface area contributed by atoms with Crippen LogP contribution >= 0.6 is 0 Å². The van der Waals surface area contributed by atoms with Gasteiger partial charge in [0, 0.05) is 6.07 Å². The topological polar surface area (TPSA) is 121 Å². The predicted octanol–water partition coefficient (Wildman–Crippen LogP) is 0.807. The fourth-order valence-electron chi connectivity index (χ4n) is 1.45. The molecule has 18 heavy (non-hydrogen) atoms. The van der Waals surface area contributed by atoms with Crippen molar-refractivity contribution in [2.24, 2.45) is 0 Å². The smallest absolute Gasteiger partial charge is 0.265 e. The number of nitrogens with zero attached hydrogens (tertiary/aromatic N) is 1. The summed E-state index contributed by atoms with van der Waals surface area (Å²) in [5.41, 5.74) is 6.38. The Kier molecular flexibility index (Phi) is 2.87. The van der Waals surface area contributed by atoms with Gasteiger partial charge in [-0.25, -0.2) is 8.42 Å². The van der Waals surface area contributed by atoms with E-state index in [1.54, 1.807) is 6.92 Å². The highest BCUT2D eigenvalue weighted by Gasteiger charge is 2.19. The van der Waals surface area contributed by atoms with Gasteiger partial charge < -0.3 is 10.8 Å². The first-order valence-corrected chi connectivity index (χ1v) is 6.50. The number of rotatable bonds is 3. The minimum absolute atomic E-state index is 0.0325. The summed E-state index contributed by atoms with van der Waals surface area (Å²) in [6.07, 6.45) is 1.22. The highest BCUT2D eigenvalue weighted by molar-refractivity contribution is 7.92. The Labute approximate surface area is 104 Å². The third-order valence-electron chi connectivity index (χ3n) is 2.35. The number of aromatic nitrogens is 2. The van der Waals surface area contributed by atoms with E-state index < -0.39 is 10.0 Å². The number of hydrogen-bond acceptors (Lipinski definition) is 5. The van der Waals surface area contributed by atoms with E-state index in [1.165, 1.54) is 24.4 Å². The minimum atomic E-state index is -3.74. The van der Waals surface area contributed by atoms with E-state index in [4.69, 9.17) is 5.73 Å². The molecule has 7 nitrogen and oxygen atoms in total. The first-order valence-electron chi connectivity index (χ1n) is 5.01. The molecule has 0 aliphatic rings. The zero-order valence-electron chi connectivity index (χ0n) is 9.51. The molecule has 0 radical (unpaired) electrons. The van der Waals surface area contributed by atoms with Crippen molar-refractivity contribution in [3.63, 3.8) is 0 Å². The van der Waals surface area contributed by atoms with Crippen molar-refractivity contribution in [1.29, 1.82) is 0 Å². The molecule has 2 rings (SSSR count). The Morgan fingerprint density at radius 2 is 2.17 bits per heavy atom. The van der Waals surface area contributed by atoms with Crippen molar-refractivity contribution in [3.05, 3.63) is 30.1 Å². The molecule has 0 aliphatic heterocycles. The fourth-order valence-corrected chi connectivity index (χ4v) is 2.68. The van der Waals surface area contributed by atoms with Crippen molar-refractivity contribution in [2.75, 3.05) is 10.5 Å². The molecule has 0 atom stereocenters. The second-order valence-electron chi connectivity index (χ2n) is 3.74. The summed E-state index contributed by atoms with van der Waals surface area (Å²) in [4.78, 5) is 0.0509. The SMILES string of the molecule is Cc1[nH]ncc1S(=O)(=O)Nc1ccc(O)cc1N. The molecule has 1 aromatic heterocycles. The maximum atomic E-state index is 12.0. The van der Waals surface area contributed by atoms with Gasteiger partial charge >= 0.3 is 0 Å². The molecule has 0 unspecified atom stereocenters. The maximum Gasteiger partial charge on any atom is 0.265 e. The van der Waals surface area contributed by atoms with E-state index >= 15 is 0 Å². The summed E-state index contributed by atoms with van der Waals surface area (Å²) in [7, 11) is -3.74. The molecule has 1 heterocycles. The van der Waals surface area contributed by atoms with Crippen LogP contribution in [0.25, 0.3) is 0 Å². The molecule has 0 amide bonds.